The maximum Gasteiger partial charge on any atom is 0.268 e. The van der Waals surface area contributed by atoms with Gasteiger partial charge in [0.15, 0.2) is 11.5 Å². The Labute approximate surface area is 164 Å². The van der Waals surface area contributed by atoms with Gasteiger partial charge >= 0.3 is 0 Å². The van der Waals surface area contributed by atoms with Gasteiger partial charge in [-0.25, -0.2) is 0 Å². The van der Waals surface area contributed by atoms with Gasteiger partial charge in [0.1, 0.15) is 17.9 Å². The van der Waals surface area contributed by atoms with Crippen LogP contribution in [0.3, 0.4) is 0 Å². The molecule has 0 radical (unpaired) electrons. The van der Waals surface area contributed by atoms with Crippen molar-refractivity contribution < 1.29 is 14.3 Å². The number of hydrogen-bond acceptors (Lipinski definition) is 3. The van der Waals surface area contributed by atoms with Crippen molar-refractivity contribution in [3.63, 3.8) is 0 Å². The molecule has 5 nitrogen and oxygen atoms in total. The third-order valence-electron chi connectivity index (χ3n) is 4.59. The van der Waals surface area contributed by atoms with E-state index in [2.05, 4.69) is 42.1 Å². The second-order valence-electron chi connectivity index (χ2n) is 7.38. The van der Waals surface area contributed by atoms with E-state index in [4.69, 9.17) is 9.47 Å². The summed E-state index contributed by atoms with van der Waals surface area (Å²) in [7, 11) is 0. The van der Waals surface area contributed by atoms with E-state index in [-0.39, 0.29) is 24.7 Å². The number of para-hydroxylation sites is 2. The molecule has 0 atom stereocenters. The molecule has 0 fully saturated rings. The van der Waals surface area contributed by atoms with E-state index in [0.717, 1.165) is 28.6 Å². The van der Waals surface area contributed by atoms with Crippen molar-refractivity contribution in [1.82, 2.24) is 10.3 Å². The number of aromatic nitrogens is 1. The van der Waals surface area contributed by atoms with Gasteiger partial charge in [0, 0.05) is 22.9 Å². The minimum Gasteiger partial charge on any atom is -0.483 e. The fourth-order valence-electron chi connectivity index (χ4n) is 3.34. The molecule has 0 aliphatic carbocycles. The number of ether oxygens (including phenoxy) is 2. The lowest BCUT2D eigenvalue weighted by Gasteiger charge is -2.17. The molecule has 0 unspecified atom stereocenters. The lowest BCUT2D eigenvalue weighted by molar-refractivity contribution is 0.0954. The molecule has 2 heterocycles. The topological polar surface area (TPSA) is 63.3 Å². The summed E-state index contributed by atoms with van der Waals surface area (Å²) < 4.78 is 11.7. The Hall–Kier alpha value is -3.39. The highest BCUT2D eigenvalue weighted by Gasteiger charge is 2.32. The van der Waals surface area contributed by atoms with Gasteiger partial charge in [0.2, 0.25) is 0 Å². The lowest BCUT2D eigenvalue weighted by Crippen LogP contribution is -2.24. The standard InChI is InChI=1S/C23H22N2O3/c1-23(2)15-17-9-7-11-20(21(17)28-23)27-13-6-5-12-24-22(26)19-14-16-8-3-4-10-18(16)25-19/h3-4,7-11,14,25H,12-13,15H2,1-2H3,(H,24,26). The van der Waals surface area contributed by atoms with E-state index in [1.807, 2.05) is 42.5 Å². The van der Waals surface area contributed by atoms with Gasteiger partial charge in [0.25, 0.3) is 5.91 Å². The smallest absolute Gasteiger partial charge is 0.268 e. The summed E-state index contributed by atoms with van der Waals surface area (Å²) in [6.07, 6.45) is 0.866. The largest absolute Gasteiger partial charge is 0.483 e. The Kier molecular flexibility index (Phi) is 4.70. The third-order valence-corrected chi connectivity index (χ3v) is 4.59. The van der Waals surface area contributed by atoms with Crippen molar-refractivity contribution in [3.8, 4) is 23.3 Å². The number of amides is 1. The van der Waals surface area contributed by atoms with Crippen molar-refractivity contribution in [1.29, 1.82) is 0 Å². The highest BCUT2D eigenvalue weighted by Crippen LogP contribution is 2.41. The van der Waals surface area contributed by atoms with E-state index in [1.165, 1.54) is 0 Å². The molecule has 0 spiro atoms. The first-order valence-electron chi connectivity index (χ1n) is 9.27. The Bertz CT molecular complexity index is 1050. The monoisotopic (exact) mass is 374 g/mol. The molecule has 2 aromatic carbocycles. The van der Waals surface area contributed by atoms with Crippen LogP contribution in [0.25, 0.3) is 10.9 Å². The second-order valence-corrected chi connectivity index (χ2v) is 7.38. The molecular formula is C23H22N2O3. The van der Waals surface area contributed by atoms with Gasteiger partial charge in [-0.15, -0.1) is 0 Å². The van der Waals surface area contributed by atoms with Gasteiger partial charge in [-0.3, -0.25) is 4.79 Å². The number of rotatable bonds is 4. The Balaban J connectivity index is 1.29. The average molecular weight is 374 g/mol. The summed E-state index contributed by atoms with van der Waals surface area (Å²) in [4.78, 5) is 15.3. The summed E-state index contributed by atoms with van der Waals surface area (Å²) in [6.45, 7) is 4.62. The number of nitrogens with one attached hydrogen (secondary N) is 2. The summed E-state index contributed by atoms with van der Waals surface area (Å²) in [5.41, 5.74) is 2.41. The normalized spacial score (nSPS) is 13.9. The maximum atomic E-state index is 12.2. The lowest BCUT2D eigenvalue weighted by atomic mass is 10.0. The molecule has 0 saturated heterocycles. The maximum absolute atomic E-state index is 12.2. The first-order valence-corrected chi connectivity index (χ1v) is 9.27. The number of H-pyrrole nitrogens is 1. The van der Waals surface area contributed by atoms with Crippen LogP contribution in [0.4, 0.5) is 0 Å². The zero-order chi connectivity index (χ0) is 19.6. The summed E-state index contributed by atoms with van der Waals surface area (Å²) in [6, 6.07) is 15.5. The summed E-state index contributed by atoms with van der Waals surface area (Å²) in [5.74, 6) is 7.18. The fourth-order valence-corrected chi connectivity index (χ4v) is 3.34. The van der Waals surface area contributed by atoms with Gasteiger partial charge < -0.3 is 19.8 Å². The minimum absolute atomic E-state index is 0.178. The molecule has 0 saturated carbocycles. The van der Waals surface area contributed by atoms with Crippen molar-refractivity contribution in [2.75, 3.05) is 13.2 Å². The van der Waals surface area contributed by atoms with Gasteiger partial charge in [0.05, 0.1) is 6.54 Å². The number of carbonyl (C=O) groups excluding carboxylic acids is 1. The Morgan fingerprint density at radius 3 is 2.93 bits per heavy atom. The molecule has 0 bridgehead atoms. The highest BCUT2D eigenvalue weighted by molar-refractivity contribution is 5.98. The average Bonchev–Trinajstić information content (AvgIpc) is 3.24. The molecule has 1 aromatic heterocycles. The summed E-state index contributed by atoms with van der Waals surface area (Å²) >= 11 is 0. The fraction of sp³-hybridized carbons (Fsp3) is 0.261. The molecule has 142 valence electrons. The molecule has 1 aliphatic rings. The predicted octanol–water partition coefficient (Wildman–Crippen LogP) is 3.69. The van der Waals surface area contributed by atoms with Gasteiger partial charge in [-0.05, 0) is 32.0 Å². The Morgan fingerprint density at radius 2 is 2.07 bits per heavy atom. The zero-order valence-electron chi connectivity index (χ0n) is 16.0. The molecular weight excluding hydrogens is 352 g/mol. The van der Waals surface area contributed by atoms with E-state index in [0.29, 0.717) is 11.4 Å². The first kappa shape index (κ1) is 18.0. The van der Waals surface area contributed by atoms with Crippen LogP contribution in [-0.4, -0.2) is 29.6 Å². The van der Waals surface area contributed by atoms with Gasteiger partial charge in [-0.2, -0.15) is 0 Å². The number of hydrogen-bond donors (Lipinski definition) is 2. The van der Waals surface area contributed by atoms with E-state index in [9.17, 15) is 4.79 Å². The van der Waals surface area contributed by atoms with Crippen LogP contribution in [0.5, 0.6) is 11.5 Å². The van der Waals surface area contributed by atoms with Crippen LogP contribution in [0.15, 0.2) is 48.5 Å². The number of benzene rings is 2. The minimum atomic E-state index is -0.208. The van der Waals surface area contributed by atoms with E-state index < -0.39 is 0 Å². The van der Waals surface area contributed by atoms with Gasteiger partial charge in [-0.1, -0.05) is 42.2 Å². The molecule has 2 N–H and O–H groups in total. The quantitative estimate of drug-likeness (QED) is 0.685. The summed E-state index contributed by atoms with van der Waals surface area (Å²) in [5, 5.41) is 3.79. The molecule has 28 heavy (non-hydrogen) atoms. The first-order chi connectivity index (χ1) is 13.5. The second kappa shape index (κ2) is 7.32. The van der Waals surface area contributed by atoms with E-state index in [1.54, 1.807) is 0 Å². The molecule has 1 amide bonds. The SMILES string of the molecule is CC1(C)Cc2cccc(OCC#CCNC(=O)c3cc4ccccc4[nH]3)c2O1. The van der Waals surface area contributed by atoms with Crippen LogP contribution >= 0.6 is 0 Å². The number of fused-ring (bicyclic) bond motifs is 2. The van der Waals surface area contributed by atoms with Crippen LogP contribution in [0.1, 0.15) is 29.9 Å². The molecule has 1 aliphatic heterocycles. The van der Waals surface area contributed by atoms with Crippen LogP contribution in [0, 0.1) is 11.8 Å². The molecule has 4 rings (SSSR count). The number of aromatic amines is 1. The molecule has 5 heteroatoms. The van der Waals surface area contributed by atoms with Crippen molar-refractivity contribution in [2.24, 2.45) is 0 Å². The third kappa shape index (κ3) is 3.81. The Morgan fingerprint density at radius 1 is 1.21 bits per heavy atom. The molecule has 3 aromatic rings. The van der Waals surface area contributed by atoms with E-state index >= 15 is 0 Å². The van der Waals surface area contributed by atoms with Crippen LogP contribution in [-0.2, 0) is 6.42 Å². The van der Waals surface area contributed by atoms with Crippen LogP contribution < -0.4 is 14.8 Å². The van der Waals surface area contributed by atoms with Crippen molar-refractivity contribution in [2.45, 2.75) is 25.9 Å². The number of carbonyl (C=O) groups is 1. The van der Waals surface area contributed by atoms with Crippen molar-refractivity contribution in [3.05, 3.63) is 59.8 Å². The zero-order valence-corrected chi connectivity index (χ0v) is 16.0. The predicted molar refractivity (Wildman–Crippen MR) is 109 cm³/mol. The van der Waals surface area contributed by atoms with Crippen LogP contribution in [0.2, 0.25) is 0 Å². The van der Waals surface area contributed by atoms with Crippen molar-refractivity contribution >= 4 is 16.8 Å². The highest BCUT2D eigenvalue weighted by atomic mass is 16.5.